The molecule has 5 rings (SSSR count). The number of H-pyrrole nitrogens is 2. The molecule has 1 fully saturated rings. The van der Waals surface area contributed by atoms with E-state index in [2.05, 4.69) is 22.1 Å². The van der Waals surface area contributed by atoms with Crippen molar-refractivity contribution in [3.8, 4) is 11.1 Å². The molecule has 5 nitrogen and oxygen atoms in total. The lowest BCUT2D eigenvalue weighted by Gasteiger charge is -2.38. The first kappa shape index (κ1) is 24.0. The number of aromatic nitrogens is 3. The zero-order valence-electron chi connectivity index (χ0n) is 19.2. The summed E-state index contributed by atoms with van der Waals surface area (Å²) >= 11 is 1.46. The van der Waals surface area contributed by atoms with Crippen molar-refractivity contribution < 1.29 is 23.0 Å². The average Bonchev–Trinajstić information content (AvgIpc) is 3.48. The second-order valence-corrected chi connectivity index (χ2v) is 10.2. The molecule has 0 spiro atoms. The van der Waals surface area contributed by atoms with Crippen molar-refractivity contribution >= 4 is 22.7 Å². The number of alkyl halides is 3. The Hall–Kier alpha value is -2.75. The summed E-state index contributed by atoms with van der Waals surface area (Å²) in [6.45, 7) is 2.72. The van der Waals surface area contributed by atoms with Crippen molar-refractivity contribution in [1.82, 2.24) is 15.2 Å². The van der Waals surface area contributed by atoms with Crippen LogP contribution in [-0.4, -0.2) is 39.3 Å². The minimum absolute atomic E-state index is 0.0730. The zero-order valence-corrected chi connectivity index (χ0v) is 20.0. The van der Waals surface area contributed by atoms with Crippen LogP contribution in [0.3, 0.4) is 0 Å². The summed E-state index contributed by atoms with van der Waals surface area (Å²) in [7, 11) is 0. The third-order valence-corrected chi connectivity index (χ3v) is 7.55. The molecule has 1 saturated heterocycles. The number of aliphatic hydroxyl groups excluding tert-OH is 1. The van der Waals surface area contributed by atoms with Crippen LogP contribution < -0.4 is 0 Å². The molecule has 4 aromatic rings. The molecule has 1 aliphatic heterocycles. The van der Waals surface area contributed by atoms with Gasteiger partial charge in [-0.1, -0.05) is 37.3 Å². The number of benzene rings is 2. The van der Waals surface area contributed by atoms with Crippen molar-refractivity contribution in [3.05, 3.63) is 71.5 Å². The van der Waals surface area contributed by atoms with Gasteiger partial charge in [0.05, 0.1) is 24.0 Å². The fourth-order valence-corrected chi connectivity index (χ4v) is 5.50. The number of fused-ring (bicyclic) bond motifs is 1. The topological polar surface area (TPSA) is 73.9 Å². The van der Waals surface area contributed by atoms with Gasteiger partial charge in [-0.15, -0.1) is 11.8 Å². The van der Waals surface area contributed by atoms with E-state index in [1.54, 1.807) is 6.07 Å². The van der Waals surface area contributed by atoms with E-state index in [1.807, 2.05) is 30.3 Å². The van der Waals surface area contributed by atoms with Gasteiger partial charge in [-0.25, -0.2) is 0 Å². The number of aliphatic hydroxyl groups is 1. The van der Waals surface area contributed by atoms with Crippen LogP contribution in [0.4, 0.5) is 13.2 Å². The highest BCUT2D eigenvalue weighted by Crippen LogP contribution is 2.48. The lowest BCUT2D eigenvalue weighted by atomic mass is 9.74. The normalized spacial score (nSPS) is 21.0. The predicted molar refractivity (Wildman–Crippen MR) is 130 cm³/mol. The Labute approximate surface area is 205 Å². The third kappa shape index (κ3) is 4.72. The van der Waals surface area contributed by atoms with Crippen molar-refractivity contribution in [2.75, 3.05) is 19.0 Å². The van der Waals surface area contributed by atoms with E-state index in [9.17, 15) is 13.2 Å². The number of para-hydroxylation sites is 1. The monoisotopic (exact) mass is 501 g/mol. The van der Waals surface area contributed by atoms with Gasteiger partial charge in [0.15, 0.2) is 0 Å². The molecule has 9 heteroatoms. The van der Waals surface area contributed by atoms with Crippen molar-refractivity contribution in [2.24, 2.45) is 0 Å². The molecule has 2 unspecified atom stereocenters. The van der Waals surface area contributed by atoms with Crippen LogP contribution in [0.25, 0.3) is 22.0 Å². The fourth-order valence-electron chi connectivity index (χ4n) is 4.88. The minimum atomic E-state index is -4.41. The standard InChI is InChI=1S/C26H26F3N3O2S/c1-25(9-11-34-21(15-25)20-14-22(32-31-20)35-12-10-33)24-23(18-7-2-3-8-19(18)30-24)16-5-4-6-17(13-16)26(27,28)29/h2-8,13-14,21,30,33H,9-12,15H2,1H3,(H,31,32). The van der Waals surface area contributed by atoms with E-state index < -0.39 is 11.7 Å². The molecule has 0 bridgehead atoms. The second-order valence-electron chi connectivity index (χ2n) is 9.11. The molecule has 0 amide bonds. The van der Waals surface area contributed by atoms with Crippen LogP contribution in [0.5, 0.6) is 0 Å². The second kappa shape index (κ2) is 9.37. The summed E-state index contributed by atoms with van der Waals surface area (Å²) < 4.78 is 46.7. The summed E-state index contributed by atoms with van der Waals surface area (Å²) in [5.41, 5.74) is 2.98. The first-order valence-corrected chi connectivity index (χ1v) is 12.5. The highest BCUT2D eigenvalue weighted by atomic mass is 32.2. The molecule has 0 aliphatic carbocycles. The third-order valence-electron chi connectivity index (χ3n) is 6.66. The van der Waals surface area contributed by atoms with Gasteiger partial charge in [-0.3, -0.25) is 5.10 Å². The fraction of sp³-hybridized carbons (Fsp3) is 0.346. The Balaban J connectivity index is 1.56. The number of hydrogen-bond donors (Lipinski definition) is 3. The van der Waals surface area contributed by atoms with E-state index in [4.69, 9.17) is 9.84 Å². The molecule has 0 radical (unpaired) electrons. The quantitative estimate of drug-likeness (QED) is 0.265. The zero-order chi connectivity index (χ0) is 24.6. The number of hydrogen-bond acceptors (Lipinski definition) is 4. The van der Waals surface area contributed by atoms with Crippen LogP contribution in [0.2, 0.25) is 0 Å². The maximum Gasteiger partial charge on any atom is 0.416 e. The van der Waals surface area contributed by atoms with Crippen LogP contribution in [-0.2, 0) is 16.3 Å². The highest BCUT2D eigenvalue weighted by molar-refractivity contribution is 7.99. The van der Waals surface area contributed by atoms with E-state index >= 15 is 0 Å². The van der Waals surface area contributed by atoms with Gasteiger partial charge in [0.2, 0.25) is 0 Å². The van der Waals surface area contributed by atoms with Gasteiger partial charge in [0.1, 0.15) is 5.03 Å². The first-order chi connectivity index (χ1) is 16.8. The van der Waals surface area contributed by atoms with Crippen LogP contribution in [0, 0.1) is 0 Å². The molecular weight excluding hydrogens is 475 g/mol. The summed E-state index contributed by atoms with van der Waals surface area (Å²) in [6, 6.07) is 15.2. The predicted octanol–water partition coefficient (Wildman–Crippen LogP) is 6.47. The van der Waals surface area contributed by atoms with Crippen LogP contribution >= 0.6 is 11.8 Å². The van der Waals surface area contributed by atoms with Gasteiger partial charge < -0.3 is 14.8 Å². The number of ether oxygens (including phenoxy) is 1. The lowest BCUT2D eigenvalue weighted by Crippen LogP contribution is -2.33. The van der Waals surface area contributed by atoms with Gasteiger partial charge >= 0.3 is 6.18 Å². The molecule has 0 saturated carbocycles. The van der Waals surface area contributed by atoms with E-state index in [0.717, 1.165) is 45.4 Å². The van der Waals surface area contributed by atoms with Crippen molar-refractivity contribution in [1.29, 1.82) is 0 Å². The molecule has 184 valence electrons. The number of halogens is 3. The maximum atomic E-state index is 13.5. The van der Waals surface area contributed by atoms with Gasteiger partial charge in [-0.05, 0) is 42.7 Å². The molecule has 2 aromatic carbocycles. The van der Waals surface area contributed by atoms with Gasteiger partial charge in [0, 0.05) is 39.9 Å². The number of thioether (sulfide) groups is 1. The Bertz CT molecular complexity index is 1330. The Morgan fingerprint density at radius 1 is 1.17 bits per heavy atom. The van der Waals surface area contributed by atoms with Crippen LogP contribution in [0.1, 0.15) is 42.8 Å². The number of rotatable bonds is 6. The molecule has 2 aromatic heterocycles. The van der Waals surface area contributed by atoms with E-state index in [-0.39, 0.29) is 18.1 Å². The summed E-state index contributed by atoms with van der Waals surface area (Å²) in [6.07, 6.45) is -3.28. The first-order valence-electron chi connectivity index (χ1n) is 11.5. The number of nitrogens with zero attached hydrogens (tertiary/aromatic N) is 1. The van der Waals surface area contributed by atoms with E-state index in [1.165, 1.54) is 23.9 Å². The number of nitrogens with one attached hydrogen (secondary N) is 2. The maximum absolute atomic E-state index is 13.5. The summed E-state index contributed by atoms with van der Waals surface area (Å²) in [4.78, 5) is 3.54. The smallest absolute Gasteiger partial charge is 0.396 e. The van der Waals surface area contributed by atoms with E-state index in [0.29, 0.717) is 24.3 Å². The minimum Gasteiger partial charge on any atom is -0.396 e. The molecule has 3 N–H and O–H groups in total. The van der Waals surface area contributed by atoms with Gasteiger partial charge in [-0.2, -0.15) is 18.3 Å². The molecule has 3 heterocycles. The Morgan fingerprint density at radius 2 is 2.00 bits per heavy atom. The molecule has 2 atom stereocenters. The van der Waals surface area contributed by atoms with Crippen LogP contribution in [0.15, 0.2) is 59.6 Å². The Morgan fingerprint density at radius 3 is 2.80 bits per heavy atom. The summed E-state index contributed by atoms with van der Waals surface area (Å²) in [5.74, 6) is 0.558. The van der Waals surface area contributed by atoms with Crippen molar-refractivity contribution in [2.45, 2.75) is 42.5 Å². The highest BCUT2D eigenvalue weighted by Gasteiger charge is 2.39. The largest absolute Gasteiger partial charge is 0.416 e. The molecular formula is C26H26F3N3O2S. The Kier molecular flexibility index (Phi) is 6.41. The SMILES string of the molecule is CC1(c2[nH]c3ccccc3c2-c2cccc(C(F)(F)F)c2)CCOC(c2cc(SCCO)n[nH]2)C1. The van der Waals surface area contributed by atoms with Gasteiger partial charge in [0.25, 0.3) is 0 Å². The van der Waals surface area contributed by atoms with Crippen molar-refractivity contribution in [3.63, 3.8) is 0 Å². The summed E-state index contributed by atoms with van der Waals surface area (Å²) in [5, 5.41) is 18.1. The lowest BCUT2D eigenvalue weighted by molar-refractivity contribution is -0.137. The molecule has 1 aliphatic rings. The number of aromatic amines is 2. The molecule has 35 heavy (non-hydrogen) atoms. The average molecular weight is 502 g/mol.